The van der Waals surface area contributed by atoms with Crippen molar-refractivity contribution in [3.63, 3.8) is 0 Å². The third-order valence-electron chi connectivity index (χ3n) is 16.0. The Morgan fingerprint density at radius 1 is 0.328 bits per heavy atom. The normalized spacial score (nSPS) is 12.9. The predicted molar refractivity (Wildman–Crippen MR) is 306 cm³/mol. The molecule has 0 N–H and O–H groups in total. The summed E-state index contributed by atoms with van der Waals surface area (Å²) < 4.78 is 37.9. The average Bonchev–Trinajstić information content (AvgIpc) is 3.33. The van der Waals surface area contributed by atoms with Crippen LogP contribution in [0.15, 0.2) is 17.0 Å². The van der Waals surface area contributed by atoms with Crippen LogP contribution in [0.3, 0.4) is 0 Å². The van der Waals surface area contributed by atoms with E-state index in [-0.39, 0.29) is 0 Å². The van der Waals surface area contributed by atoms with Gasteiger partial charge in [-0.3, -0.25) is 0 Å². The third kappa shape index (κ3) is 30.3. The van der Waals surface area contributed by atoms with Gasteiger partial charge < -0.3 is 0 Å². The van der Waals surface area contributed by atoms with Crippen LogP contribution < -0.4 is 0 Å². The minimum Gasteiger partial charge on any atom is -0.0654 e. The first-order valence-electron chi connectivity index (χ1n) is 30.8. The number of aryl methyl sites for hydroxylation is 1. The molecule has 1 rings (SSSR count). The molecule has 3 nitrogen and oxygen atoms in total. The van der Waals surface area contributed by atoms with Gasteiger partial charge in [0, 0.05) is 0 Å². The van der Waals surface area contributed by atoms with E-state index >= 15 is 8.42 Å². The molecule has 0 aromatic heterocycles. The van der Waals surface area contributed by atoms with E-state index in [4.69, 9.17) is 3.97 Å². The summed E-state index contributed by atoms with van der Waals surface area (Å²) in [5, 5.41) is 0. The van der Waals surface area contributed by atoms with E-state index in [0.29, 0.717) is 4.90 Å². The number of hydrogen-bond acceptors (Lipinski definition) is 3. The molecule has 0 amide bonds. The molecule has 0 spiro atoms. The summed E-state index contributed by atoms with van der Waals surface area (Å²) >= 11 is 0. The maximum absolute atomic E-state index is 15.4. The fourth-order valence-electron chi connectivity index (χ4n) is 11.2. The van der Waals surface area contributed by atoms with Crippen LogP contribution in [-0.2, 0) is 33.4 Å². The zero-order chi connectivity index (χ0) is 49.0. The number of unbranched alkanes of at least 4 members (excludes halogenated alkanes) is 36. The first-order valence-corrected chi connectivity index (χ1v) is 35.1. The molecule has 0 atom stereocenters. The van der Waals surface area contributed by atoms with Crippen LogP contribution in [0.4, 0.5) is 0 Å². The standard InChI is InChI=1S/C62H121O3PS/c1-8-15-21-24-27-30-33-36-39-42-45-48-51-59-54-55-62(67(63,64)65-66(14-7,56-18-11-4,57-19-12-5)58-20-13-6)61(53-50-47-44-41-38-35-32-29-26-23-17-10-3)60(59)52-49-46-43-40-37-34-31-28-25-22-16-9-2/h54-55H,8-53,56-58H2,1-7H3. The second-order valence-electron chi connectivity index (χ2n) is 22.0. The van der Waals surface area contributed by atoms with Crippen LogP contribution in [0.5, 0.6) is 0 Å². The summed E-state index contributed by atoms with van der Waals surface area (Å²) in [7, 11) is -3.96. The van der Waals surface area contributed by atoms with E-state index in [1.807, 2.05) is 6.07 Å². The smallest absolute Gasteiger partial charge is 0.0654 e. The van der Waals surface area contributed by atoms with Gasteiger partial charge in [0.05, 0.1) is 0 Å². The minimum atomic E-state index is -3.96. The van der Waals surface area contributed by atoms with Crippen LogP contribution in [0.1, 0.15) is 335 Å². The molecular weight excluding hydrogens is 856 g/mol. The quantitative estimate of drug-likeness (QED) is 0.0483. The van der Waals surface area contributed by atoms with Crippen molar-refractivity contribution in [2.45, 2.75) is 342 Å². The van der Waals surface area contributed by atoms with Crippen molar-refractivity contribution in [3.05, 3.63) is 28.8 Å². The van der Waals surface area contributed by atoms with Crippen molar-refractivity contribution in [3.8, 4) is 0 Å². The molecule has 0 unspecified atom stereocenters. The fraction of sp³-hybridized carbons (Fsp3) is 0.903. The molecule has 0 aliphatic rings. The molecule has 0 saturated carbocycles. The van der Waals surface area contributed by atoms with Gasteiger partial charge in [-0.15, -0.1) is 0 Å². The molecule has 1 aromatic rings. The van der Waals surface area contributed by atoms with Crippen molar-refractivity contribution < 1.29 is 12.4 Å². The molecule has 0 bridgehead atoms. The van der Waals surface area contributed by atoms with Gasteiger partial charge >= 0.3 is 289 Å². The van der Waals surface area contributed by atoms with Gasteiger partial charge in [0.1, 0.15) is 0 Å². The fourth-order valence-corrected chi connectivity index (χ4v) is 20.8. The van der Waals surface area contributed by atoms with E-state index in [2.05, 4.69) is 54.5 Å². The molecule has 5 heteroatoms. The SMILES string of the molecule is CCCCCCCCCCCCCCc1ccc(S(=O)(=O)OP(CC)(CCCC)(CCCC)CCCC)c(CCCCCCCCCCCCCC)c1CCCCCCCCCCCCCC. The maximum atomic E-state index is 15.4. The van der Waals surface area contributed by atoms with E-state index in [9.17, 15) is 0 Å². The predicted octanol–water partition coefficient (Wildman–Crippen LogP) is 22.0. The molecule has 0 saturated heterocycles. The Bertz CT molecular complexity index is 1330. The van der Waals surface area contributed by atoms with Gasteiger partial charge in [0.2, 0.25) is 0 Å². The van der Waals surface area contributed by atoms with E-state index in [1.54, 1.807) is 0 Å². The summed E-state index contributed by atoms with van der Waals surface area (Å²) in [4.78, 5) is 0.551. The van der Waals surface area contributed by atoms with Crippen molar-refractivity contribution in [1.29, 1.82) is 0 Å². The van der Waals surface area contributed by atoms with Crippen molar-refractivity contribution in [2.24, 2.45) is 0 Å². The zero-order valence-electron chi connectivity index (χ0n) is 46.9. The third-order valence-corrected chi connectivity index (χ3v) is 25.3. The molecule has 0 heterocycles. The second-order valence-corrected chi connectivity index (χ2v) is 29.7. The van der Waals surface area contributed by atoms with Gasteiger partial charge in [-0.1, -0.05) is 136 Å². The van der Waals surface area contributed by atoms with Crippen LogP contribution >= 0.6 is 6.83 Å². The van der Waals surface area contributed by atoms with Crippen LogP contribution in [-0.4, -0.2) is 33.1 Å². The Morgan fingerprint density at radius 2 is 0.597 bits per heavy atom. The molecule has 1 aromatic carbocycles. The van der Waals surface area contributed by atoms with Crippen LogP contribution in [0.25, 0.3) is 0 Å². The molecule has 0 radical (unpaired) electrons. The molecular formula is C62H121O3PS. The summed E-state index contributed by atoms with van der Waals surface area (Å²) in [6.07, 6.45) is 61.5. The topological polar surface area (TPSA) is 43.4 Å². The summed E-state index contributed by atoms with van der Waals surface area (Å²) in [5.74, 6) is 0. The minimum absolute atomic E-state index is 0.551. The molecule has 398 valence electrons. The summed E-state index contributed by atoms with van der Waals surface area (Å²) in [6.45, 7) is 12.9. The molecule has 0 fully saturated rings. The van der Waals surface area contributed by atoms with Gasteiger partial charge in [0.25, 0.3) is 0 Å². The van der Waals surface area contributed by atoms with E-state index < -0.39 is 16.9 Å². The first-order chi connectivity index (χ1) is 32.7. The van der Waals surface area contributed by atoms with Crippen molar-refractivity contribution in [1.82, 2.24) is 0 Å². The Kier molecular flexibility index (Phi) is 41.6. The molecule has 67 heavy (non-hydrogen) atoms. The Labute approximate surface area is 423 Å². The van der Waals surface area contributed by atoms with Crippen LogP contribution in [0, 0.1) is 0 Å². The van der Waals surface area contributed by atoms with Gasteiger partial charge in [-0.05, 0) is 0 Å². The van der Waals surface area contributed by atoms with Crippen molar-refractivity contribution in [2.75, 3.05) is 24.6 Å². The van der Waals surface area contributed by atoms with E-state index in [1.165, 1.54) is 229 Å². The second kappa shape index (κ2) is 43.2. The Morgan fingerprint density at radius 3 is 0.896 bits per heavy atom. The zero-order valence-corrected chi connectivity index (χ0v) is 48.6. The summed E-state index contributed by atoms with van der Waals surface area (Å²) in [6, 6.07) is 4.31. The number of rotatable bonds is 52. The monoisotopic (exact) mass is 977 g/mol. The van der Waals surface area contributed by atoms with Crippen LogP contribution in [0.2, 0.25) is 0 Å². The van der Waals surface area contributed by atoms with Crippen molar-refractivity contribution >= 4 is 16.9 Å². The van der Waals surface area contributed by atoms with E-state index in [0.717, 1.165) is 101 Å². The van der Waals surface area contributed by atoms with Gasteiger partial charge in [0.15, 0.2) is 0 Å². The van der Waals surface area contributed by atoms with Gasteiger partial charge in [-0.2, -0.15) is 0 Å². The summed E-state index contributed by atoms with van der Waals surface area (Å²) in [5.41, 5.74) is 4.00. The van der Waals surface area contributed by atoms with Gasteiger partial charge in [-0.25, -0.2) is 0 Å². The number of benzene rings is 1. The Hall–Kier alpha value is -0.440. The molecule has 0 aliphatic carbocycles. The molecule has 0 aliphatic heterocycles. The average molecular weight is 978 g/mol. The number of hydrogen-bond donors (Lipinski definition) is 0. The first kappa shape index (κ1) is 64.6. The Balaban J connectivity index is 3.39.